The molecule has 2 aromatic rings. The second-order valence-electron chi connectivity index (χ2n) is 5.09. The van der Waals surface area contributed by atoms with E-state index in [0.717, 1.165) is 11.1 Å². The topological polar surface area (TPSA) is 72.9 Å². The standard InChI is InChI=1S/C15H18N4OS/c1-10(2)19-9-13(8-17-19)18-14(20)7-11-3-5-12(6-4-11)15(16)21/h3-6,8-10H,7H2,1-2H3,(H2,16,21)(H,18,20). The van der Waals surface area contributed by atoms with E-state index in [0.29, 0.717) is 17.1 Å². The van der Waals surface area contributed by atoms with Crippen LogP contribution in [0.3, 0.4) is 0 Å². The molecular formula is C15H18N4OS. The van der Waals surface area contributed by atoms with Crippen LogP contribution in [-0.4, -0.2) is 20.7 Å². The van der Waals surface area contributed by atoms with E-state index >= 15 is 0 Å². The molecule has 0 atom stereocenters. The van der Waals surface area contributed by atoms with Crippen molar-refractivity contribution < 1.29 is 4.79 Å². The predicted octanol–water partition coefficient (Wildman–Crippen LogP) is 2.28. The number of nitrogens with one attached hydrogen (secondary N) is 1. The molecule has 0 bridgehead atoms. The molecular weight excluding hydrogens is 284 g/mol. The lowest BCUT2D eigenvalue weighted by atomic mass is 10.1. The Morgan fingerprint density at radius 2 is 2.05 bits per heavy atom. The fraction of sp³-hybridized carbons (Fsp3) is 0.267. The number of nitrogens with zero attached hydrogens (tertiary/aromatic N) is 2. The second-order valence-corrected chi connectivity index (χ2v) is 5.53. The van der Waals surface area contributed by atoms with Gasteiger partial charge >= 0.3 is 0 Å². The number of hydrogen-bond donors (Lipinski definition) is 2. The lowest BCUT2D eigenvalue weighted by molar-refractivity contribution is -0.115. The highest BCUT2D eigenvalue weighted by Crippen LogP contribution is 2.11. The molecule has 0 saturated carbocycles. The molecule has 1 aromatic heterocycles. The van der Waals surface area contributed by atoms with E-state index in [-0.39, 0.29) is 11.9 Å². The minimum absolute atomic E-state index is 0.0821. The summed E-state index contributed by atoms with van der Waals surface area (Å²) in [6.07, 6.45) is 3.76. The molecule has 0 aliphatic rings. The first-order chi connectivity index (χ1) is 9.95. The minimum Gasteiger partial charge on any atom is -0.389 e. The number of rotatable bonds is 5. The molecule has 0 saturated heterocycles. The number of hydrogen-bond acceptors (Lipinski definition) is 3. The van der Waals surface area contributed by atoms with Gasteiger partial charge in [0.1, 0.15) is 4.99 Å². The molecule has 3 N–H and O–H groups in total. The van der Waals surface area contributed by atoms with Crippen molar-refractivity contribution in [2.24, 2.45) is 5.73 Å². The molecule has 21 heavy (non-hydrogen) atoms. The van der Waals surface area contributed by atoms with Gasteiger partial charge in [-0.15, -0.1) is 0 Å². The zero-order chi connectivity index (χ0) is 15.4. The largest absolute Gasteiger partial charge is 0.389 e. The van der Waals surface area contributed by atoms with Crippen molar-refractivity contribution in [1.82, 2.24) is 9.78 Å². The van der Waals surface area contributed by atoms with Gasteiger partial charge in [-0.3, -0.25) is 9.48 Å². The van der Waals surface area contributed by atoms with Crippen LogP contribution in [-0.2, 0) is 11.2 Å². The van der Waals surface area contributed by atoms with Gasteiger partial charge in [0, 0.05) is 17.8 Å². The molecule has 110 valence electrons. The third kappa shape index (κ3) is 4.13. The normalized spacial score (nSPS) is 10.6. The summed E-state index contributed by atoms with van der Waals surface area (Å²) in [4.78, 5) is 12.3. The van der Waals surface area contributed by atoms with E-state index in [2.05, 4.69) is 10.4 Å². The molecule has 1 amide bonds. The van der Waals surface area contributed by atoms with Crippen LogP contribution in [0.2, 0.25) is 0 Å². The average molecular weight is 302 g/mol. The summed E-state index contributed by atoms with van der Waals surface area (Å²) in [6, 6.07) is 7.61. The third-order valence-corrected chi connectivity index (χ3v) is 3.25. The van der Waals surface area contributed by atoms with Crippen molar-refractivity contribution in [1.29, 1.82) is 0 Å². The number of carbonyl (C=O) groups excluding carboxylic acids is 1. The van der Waals surface area contributed by atoms with Gasteiger partial charge in [0.05, 0.1) is 18.3 Å². The lowest BCUT2D eigenvalue weighted by Crippen LogP contribution is -2.14. The van der Waals surface area contributed by atoms with Gasteiger partial charge in [0.25, 0.3) is 0 Å². The Morgan fingerprint density at radius 3 is 2.57 bits per heavy atom. The molecule has 0 aliphatic carbocycles. The Hall–Kier alpha value is -2.21. The summed E-state index contributed by atoms with van der Waals surface area (Å²) in [5.74, 6) is -0.0821. The Kier molecular flexibility index (Phi) is 4.70. The predicted molar refractivity (Wildman–Crippen MR) is 87.3 cm³/mol. The van der Waals surface area contributed by atoms with Crippen LogP contribution in [0.1, 0.15) is 31.0 Å². The third-order valence-electron chi connectivity index (χ3n) is 3.02. The average Bonchev–Trinajstić information content (AvgIpc) is 2.87. The van der Waals surface area contributed by atoms with E-state index in [1.165, 1.54) is 0 Å². The molecule has 0 spiro atoms. The van der Waals surface area contributed by atoms with Crippen molar-refractivity contribution >= 4 is 28.8 Å². The van der Waals surface area contributed by atoms with Crippen LogP contribution in [0.5, 0.6) is 0 Å². The number of thiocarbonyl (C=S) groups is 1. The van der Waals surface area contributed by atoms with Gasteiger partial charge in [0.15, 0.2) is 0 Å². The summed E-state index contributed by atoms with van der Waals surface area (Å²) in [6.45, 7) is 4.06. The van der Waals surface area contributed by atoms with Crippen molar-refractivity contribution in [3.05, 3.63) is 47.8 Å². The number of anilines is 1. The van der Waals surface area contributed by atoms with Gasteiger partial charge < -0.3 is 11.1 Å². The van der Waals surface area contributed by atoms with Gasteiger partial charge in [-0.25, -0.2) is 0 Å². The molecule has 0 radical (unpaired) electrons. The molecule has 1 heterocycles. The summed E-state index contributed by atoms with van der Waals surface area (Å²) in [5.41, 5.74) is 7.94. The lowest BCUT2D eigenvalue weighted by Gasteiger charge is -2.05. The first-order valence-corrected chi connectivity index (χ1v) is 7.09. The van der Waals surface area contributed by atoms with E-state index in [4.69, 9.17) is 18.0 Å². The smallest absolute Gasteiger partial charge is 0.228 e. The molecule has 0 unspecified atom stereocenters. The summed E-state index contributed by atoms with van der Waals surface area (Å²) in [5, 5.41) is 7.01. The second kappa shape index (κ2) is 6.49. The Bertz CT molecular complexity index is 646. The van der Waals surface area contributed by atoms with Crippen molar-refractivity contribution in [2.75, 3.05) is 5.32 Å². The number of aromatic nitrogens is 2. The molecule has 0 aliphatic heterocycles. The van der Waals surface area contributed by atoms with Crippen LogP contribution in [0.25, 0.3) is 0 Å². The maximum absolute atomic E-state index is 12.0. The molecule has 5 nitrogen and oxygen atoms in total. The zero-order valence-corrected chi connectivity index (χ0v) is 12.9. The van der Waals surface area contributed by atoms with Crippen LogP contribution in [0.4, 0.5) is 5.69 Å². The van der Waals surface area contributed by atoms with Gasteiger partial charge in [-0.1, -0.05) is 36.5 Å². The fourth-order valence-corrected chi connectivity index (χ4v) is 2.00. The monoisotopic (exact) mass is 302 g/mol. The first kappa shape index (κ1) is 15.2. The van der Waals surface area contributed by atoms with Crippen molar-refractivity contribution in [3.8, 4) is 0 Å². The van der Waals surface area contributed by atoms with Gasteiger partial charge in [-0.05, 0) is 19.4 Å². The van der Waals surface area contributed by atoms with E-state index in [1.54, 1.807) is 10.9 Å². The number of nitrogens with two attached hydrogens (primary N) is 1. The molecule has 2 rings (SSSR count). The first-order valence-electron chi connectivity index (χ1n) is 6.68. The number of amides is 1. The Morgan fingerprint density at radius 1 is 1.38 bits per heavy atom. The molecule has 1 aromatic carbocycles. The highest BCUT2D eigenvalue weighted by molar-refractivity contribution is 7.80. The quantitative estimate of drug-likeness (QED) is 0.831. The van der Waals surface area contributed by atoms with Crippen LogP contribution in [0.15, 0.2) is 36.7 Å². The molecule has 0 fully saturated rings. The summed E-state index contributed by atoms with van der Waals surface area (Å²) >= 11 is 4.89. The van der Waals surface area contributed by atoms with Crippen LogP contribution in [0, 0.1) is 0 Å². The summed E-state index contributed by atoms with van der Waals surface area (Å²) < 4.78 is 1.80. The fourth-order valence-electron chi connectivity index (χ4n) is 1.86. The Balaban J connectivity index is 1.96. The zero-order valence-electron chi connectivity index (χ0n) is 12.0. The number of benzene rings is 1. The SMILES string of the molecule is CC(C)n1cc(NC(=O)Cc2ccc(C(N)=S)cc2)cn1. The highest BCUT2D eigenvalue weighted by atomic mass is 32.1. The summed E-state index contributed by atoms with van der Waals surface area (Å²) in [7, 11) is 0. The van der Waals surface area contributed by atoms with Crippen LogP contribution >= 0.6 is 12.2 Å². The Labute approximate surface area is 129 Å². The maximum Gasteiger partial charge on any atom is 0.228 e. The van der Waals surface area contributed by atoms with E-state index in [1.807, 2.05) is 44.3 Å². The van der Waals surface area contributed by atoms with E-state index in [9.17, 15) is 4.79 Å². The van der Waals surface area contributed by atoms with Crippen molar-refractivity contribution in [2.45, 2.75) is 26.3 Å². The van der Waals surface area contributed by atoms with Crippen LogP contribution < -0.4 is 11.1 Å². The maximum atomic E-state index is 12.0. The molecule has 6 heteroatoms. The van der Waals surface area contributed by atoms with E-state index < -0.39 is 0 Å². The van der Waals surface area contributed by atoms with Crippen molar-refractivity contribution in [3.63, 3.8) is 0 Å². The minimum atomic E-state index is -0.0821. The van der Waals surface area contributed by atoms with Gasteiger partial charge in [-0.2, -0.15) is 5.10 Å². The number of carbonyl (C=O) groups is 1. The highest BCUT2D eigenvalue weighted by Gasteiger charge is 2.07. The van der Waals surface area contributed by atoms with Gasteiger partial charge in [0.2, 0.25) is 5.91 Å².